The minimum Gasteiger partial charge on any atom is -0.507 e. The maximum absolute atomic E-state index is 10.8. The predicted octanol–water partition coefficient (Wildman–Crippen LogP) is 6.50. The summed E-state index contributed by atoms with van der Waals surface area (Å²) in [6, 6.07) is 28.5. The first-order valence-corrected chi connectivity index (χ1v) is 13.2. The Morgan fingerprint density at radius 1 is 0.564 bits per heavy atom. The molecule has 6 nitrogen and oxygen atoms in total. The summed E-state index contributed by atoms with van der Waals surface area (Å²) in [5.74, 6) is 1.00. The van der Waals surface area contributed by atoms with Crippen molar-refractivity contribution in [3.63, 3.8) is 0 Å². The number of rotatable bonds is 7. The van der Waals surface area contributed by atoms with Crippen molar-refractivity contribution < 1.29 is 20.1 Å². The van der Waals surface area contributed by atoms with Crippen molar-refractivity contribution >= 4 is 11.4 Å². The van der Waals surface area contributed by atoms with Gasteiger partial charge in [-0.15, -0.1) is 0 Å². The van der Waals surface area contributed by atoms with Gasteiger partial charge < -0.3 is 20.1 Å². The second-order valence-electron chi connectivity index (χ2n) is 9.63. The monoisotopic (exact) mass is 520 g/mol. The predicted molar refractivity (Wildman–Crippen MR) is 155 cm³/mol. The minimum absolute atomic E-state index is 0.0966. The molecule has 0 spiro atoms. The molecule has 2 atom stereocenters. The summed E-state index contributed by atoms with van der Waals surface area (Å²) in [6.07, 6.45) is 3.62. The highest BCUT2D eigenvalue weighted by atomic mass is 16.5. The van der Waals surface area contributed by atoms with E-state index in [2.05, 4.69) is 0 Å². The van der Waals surface area contributed by atoms with E-state index in [9.17, 15) is 15.3 Å². The van der Waals surface area contributed by atoms with Crippen LogP contribution in [0, 0.1) is 0 Å². The molecule has 6 heteroatoms. The van der Waals surface area contributed by atoms with Crippen molar-refractivity contribution in [1.82, 2.24) is 0 Å². The fraction of sp³-hybridized carbons (Fsp3) is 0.212. The summed E-state index contributed by atoms with van der Waals surface area (Å²) in [7, 11) is 1.62. The molecule has 198 valence electrons. The van der Waals surface area contributed by atoms with Gasteiger partial charge in [0.2, 0.25) is 0 Å². The zero-order chi connectivity index (χ0) is 27.2. The number of phenolic OH excluding ortho intramolecular Hbond substituents is 3. The number of aliphatic imine (C=N–C) groups is 2. The number of methoxy groups -OCH3 is 1. The Labute approximate surface area is 228 Å². The number of hydrogen-bond acceptors (Lipinski definition) is 6. The maximum Gasteiger partial charge on any atom is 0.128 e. The molecule has 1 aliphatic carbocycles. The third-order valence-corrected chi connectivity index (χ3v) is 7.12. The molecule has 3 N–H and O–H groups in total. The van der Waals surface area contributed by atoms with Gasteiger partial charge in [0.05, 0.1) is 30.6 Å². The van der Waals surface area contributed by atoms with Gasteiger partial charge in [0.1, 0.15) is 23.0 Å². The highest BCUT2D eigenvalue weighted by Crippen LogP contribution is 2.33. The fourth-order valence-corrected chi connectivity index (χ4v) is 5.15. The Morgan fingerprint density at radius 3 is 1.33 bits per heavy atom. The van der Waals surface area contributed by atoms with E-state index >= 15 is 0 Å². The molecular weight excluding hydrogens is 488 g/mol. The van der Waals surface area contributed by atoms with Crippen LogP contribution in [0.15, 0.2) is 107 Å². The van der Waals surface area contributed by atoms with E-state index in [1.807, 2.05) is 60.7 Å². The molecule has 0 amide bonds. The Bertz CT molecular complexity index is 1460. The average Bonchev–Trinajstić information content (AvgIpc) is 2.97. The number of phenols is 3. The summed E-state index contributed by atoms with van der Waals surface area (Å²) in [5.41, 5.74) is 3.69. The van der Waals surface area contributed by atoms with Gasteiger partial charge in [-0.1, -0.05) is 61.4 Å². The largest absolute Gasteiger partial charge is 0.507 e. The van der Waals surface area contributed by atoms with Gasteiger partial charge in [0, 0.05) is 22.3 Å². The van der Waals surface area contributed by atoms with E-state index < -0.39 is 0 Å². The Hall–Kier alpha value is -4.58. The molecule has 0 bridgehead atoms. The summed E-state index contributed by atoms with van der Waals surface area (Å²) in [5, 5.41) is 32.3. The van der Waals surface area contributed by atoms with E-state index in [0.717, 1.165) is 31.2 Å². The lowest BCUT2D eigenvalue weighted by atomic mass is 9.89. The van der Waals surface area contributed by atoms with E-state index in [1.165, 1.54) is 0 Å². The quantitative estimate of drug-likeness (QED) is 0.243. The van der Waals surface area contributed by atoms with Gasteiger partial charge >= 0.3 is 0 Å². The van der Waals surface area contributed by atoms with E-state index in [4.69, 9.17) is 14.7 Å². The molecule has 1 aliphatic rings. The van der Waals surface area contributed by atoms with Gasteiger partial charge in [-0.2, -0.15) is 0 Å². The van der Waals surface area contributed by atoms with Crippen LogP contribution in [0.1, 0.15) is 47.9 Å². The molecule has 5 rings (SSSR count). The average molecular weight is 521 g/mol. The molecule has 39 heavy (non-hydrogen) atoms. The van der Waals surface area contributed by atoms with Crippen LogP contribution in [0.3, 0.4) is 0 Å². The molecule has 0 aromatic heterocycles. The van der Waals surface area contributed by atoms with Crippen molar-refractivity contribution in [2.45, 2.75) is 37.8 Å². The SMILES string of the molecule is COc1ccccc1/C(=N\[C@@H]1CCCC[C@H]1N=C(c1ccccc1O)c1ccccc1O)c1ccccc1O. The van der Waals surface area contributed by atoms with Crippen LogP contribution >= 0.6 is 0 Å². The zero-order valence-corrected chi connectivity index (χ0v) is 21.9. The first-order valence-electron chi connectivity index (χ1n) is 13.2. The highest BCUT2D eigenvalue weighted by Gasteiger charge is 2.28. The lowest BCUT2D eigenvalue weighted by Gasteiger charge is -2.28. The first-order chi connectivity index (χ1) is 19.1. The van der Waals surface area contributed by atoms with Crippen molar-refractivity contribution in [3.8, 4) is 23.0 Å². The number of aromatic hydroxyl groups is 3. The molecule has 0 unspecified atom stereocenters. The topological polar surface area (TPSA) is 94.6 Å². The van der Waals surface area contributed by atoms with Crippen LogP contribution in [0.25, 0.3) is 0 Å². The molecule has 1 fully saturated rings. The molecule has 0 heterocycles. The van der Waals surface area contributed by atoms with Gasteiger partial charge in [-0.05, 0) is 61.4 Å². The fourth-order valence-electron chi connectivity index (χ4n) is 5.15. The lowest BCUT2D eigenvalue weighted by molar-refractivity contribution is 0.388. The Kier molecular flexibility index (Phi) is 7.92. The summed E-state index contributed by atoms with van der Waals surface area (Å²) < 4.78 is 5.66. The van der Waals surface area contributed by atoms with Gasteiger partial charge in [0.15, 0.2) is 0 Å². The normalized spacial score (nSPS) is 17.4. The highest BCUT2D eigenvalue weighted by molar-refractivity contribution is 6.17. The van der Waals surface area contributed by atoms with E-state index in [1.54, 1.807) is 43.5 Å². The zero-order valence-electron chi connectivity index (χ0n) is 21.9. The van der Waals surface area contributed by atoms with Gasteiger partial charge in [0.25, 0.3) is 0 Å². The molecule has 1 saturated carbocycles. The lowest BCUT2D eigenvalue weighted by Crippen LogP contribution is -2.30. The van der Waals surface area contributed by atoms with Crippen molar-refractivity contribution in [2.75, 3.05) is 7.11 Å². The summed E-state index contributed by atoms with van der Waals surface area (Å²) in [6.45, 7) is 0. The van der Waals surface area contributed by atoms with Crippen molar-refractivity contribution in [3.05, 3.63) is 119 Å². The second-order valence-corrected chi connectivity index (χ2v) is 9.63. The third kappa shape index (κ3) is 5.65. The van der Waals surface area contributed by atoms with Crippen LogP contribution < -0.4 is 4.74 Å². The number of nitrogens with zero attached hydrogens (tertiary/aromatic N) is 2. The van der Waals surface area contributed by atoms with Crippen LogP contribution in [0.5, 0.6) is 23.0 Å². The second kappa shape index (κ2) is 11.9. The number of para-hydroxylation sites is 4. The van der Waals surface area contributed by atoms with E-state index in [0.29, 0.717) is 33.9 Å². The Balaban J connectivity index is 1.67. The molecule has 4 aromatic carbocycles. The summed E-state index contributed by atoms with van der Waals surface area (Å²) >= 11 is 0. The molecule has 4 aromatic rings. The van der Waals surface area contributed by atoms with Crippen LogP contribution in [0.4, 0.5) is 0 Å². The smallest absolute Gasteiger partial charge is 0.128 e. The van der Waals surface area contributed by atoms with Gasteiger partial charge in [-0.3, -0.25) is 9.98 Å². The number of ether oxygens (including phenoxy) is 1. The van der Waals surface area contributed by atoms with Crippen molar-refractivity contribution in [1.29, 1.82) is 0 Å². The third-order valence-electron chi connectivity index (χ3n) is 7.12. The molecule has 0 aliphatic heterocycles. The standard InChI is InChI=1S/C33H32N2O4/c1-39-31-21-11-5-15-25(31)33(24-14-4-10-20-30(24)38)35-27-17-7-6-16-26(27)34-32(22-12-2-8-18-28(22)36)23-13-3-9-19-29(23)37/h2-5,8-15,18-21,26-27,36-38H,6-7,16-17H2,1H3/b35-33-/t26-,27-/m1/s1. The number of hydrogen-bond donors (Lipinski definition) is 3. The van der Waals surface area contributed by atoms with Crippen molar-refractivity contribution in [2.24, 2.45) is 9.98 Å². The van der Waals surface area contributed by atoms with Crippen LogP contribution in [0.2, 0.25) is 0 Å². The molecular formula is C33H32N2O4. The Morgan fingerprint density at radius 2 is 0.923 bits per heavy atom. The maximum atomic E-state index is 10.8. The first kappa shape index (κ1) is 26.0. The van der Waals surface area contributed by atoms with Crippen LogP contribution in [-0.4, -0.2) is 45.9 Å². The molecule has 0 radical (unpaired) electrons. The van der Waals surface area contributed by atoms with Crippen LogP contribution in [-0.2, 0) is 0 Å². The van der Waals surface area contributed by atoms with Gasteiger partial charge in [-0.25, -0.2) is 0 Å². The summed E-state index contributed by atoms with van der Waals surface area (Å²) in [4.78, 5) is 10.4. The number of benzene rings is 4. The van der Waals surface area contributed by atoms with E-state index in [-0.39, 0.29) is 29.3 Å². The molecule has 0 saturated heterocycles. The minimum atomic E-state index is -0.205.